The van der Waals surface area contributed by atoms with Gasteiger partial charge in [0, 0.05) is 34.4 Å². The van der Waals surface area contributed by atoms with Gasteiger partial charge in [-0.3, -0.25) is 0 Å². The molecule has 7 rings (SSSR count). The van der Waals surface area contributed by atoms with Crippen LogP contribution in [0.3, 0.4) is 0 Å². The molecule has 5 aromatic carbocycles. The Morgan fingerprint density at radius 3 is 1.21 bits per heavy atom. The summed E-state index contributed by atoms with van der Waals surface area (Å²) < 4.78 is 13.1. The van der Waals surface area contributed by atoms with Crippen LogP contribution in [0.2, 0.25) is 0 Å². The first-order valence-corrected chi connectivity index (χ1v) is 11.7. The van der Waals surface area contributed by atoms with Gasteiger partial charge in [0.05, 0.1) is 0 Å². The average Bonchev–Trinajstić information content (AvgIpc) is 3.45. The van der Waals surface area contributed by atoms with E-state index in [1.165, 1.54) is 22.3 Å². The van der Waals surface area contributed by atoms with Crippen LogP contribution < -0.4 is 0 Å². The normalized spacial score (nSPS) is 11.8. The number of rotatable bonds is 4. The highest BCUT2D eigenvalue weighted by atomic mass is 16.4. The Kier molecular flexibility index (Phi) is 4.31. The molecule has 0 saturated carbocycles. The third-order valence-corrected chi connectivity index (χ3v) is 6.77. The highest BCUT2D eigenvalue weighted by Gasteiger charge is 2.18. The number of hydrogen-bond acceptors (Lipinski definition) is 2. The van der Waals surface area contributed by atoms with Crippen LogP contribution in [0.1, 0.15) is 22.3 Å². The van der Waals surface area contributed by atoms with Crippen LogP contribution in [0.4, 0.5) is 0 Å². The van der Waals surface area contributed by atoms with Crippen LogP contribution >= 0.6 is 0 Å². The molecule has 0 unspecified atom stereocenters. The van der Waals surface area contributed by atoms with E-state index < -0.39 is 0 Å². The lowest BCUT2D eigenvalue weighted by molar-refractivity contribution is 0.629. The van der Waals surface area contributed by atoms with Crippen LogP contribution in [0.5, 0.6) is 0 Å². The van der Waals surface area contributed by atoms with Crippen molar-refractivity contribution in [3.8, 4) is 0 Å². The van der Waals surface area contributed by atoms with E-state index in [1.54, 1.807) is 0 Å². The summed E-state index contributed by atoms with van der Waals surface area (Å²) in [5, 5.41) is 4.47. The number of hydrogen-bond donors (Lipinski definition) is 0. The highest BCUT2D eigenvalue weighted by Crippen LogP contribution is 2.40. The molecule has 0 amide bonds. The van der Waals surface area contributed by atoms with Crippen LogP contribution in [0, 0.1) is 0 Å². The summed E-state index contributed by atoms with van der Waals surface area (Å²) in [6.07, 6.45) is 1.67. The largest absolute Gasteiger partial charge is 0.452 e. The lowest BCUT2D eigenvalue weighted by Crippen LogP contribution is -1.87. The molecular weight excluding hydrogens is 416 g/mol. The van der Waals surface area contributed by atoms with Crippen molar-refractivity contribution in [3.05, 3.63) is 131 Å². The van der Waals surface area contributed by atoms with E-state index in [2.05, 4.69) is 109 Å². The van der Waals surface area contributed by atoms with Crippen molar-refractivity contribution >= 4 is 43.9 Å². The van der Waals surface area contributed by atoms with Gasteiger partial charge < -0.3 is 8.83 Å². The molecule has 0 atom stereocenters. The molecule has 34 heavy (non-hydrogen) atoms. The monoisotopic (exact) mass is 438 g/mol. The lowest BCUT2D eigenvalue weighted by Gasteiger charge is -2.02. The fourth-order valence-electron chi connectivity index (χ4n) is 5.14. The molecule has 0 aliphatic rings. The van der Waals surface area contributed by atoms with Gasteiger partial charge in [0.25, 0.3) is 0 Å². The Hall–Kier alpha value is -4.30. The molecule has 2 heterocycles. The van der Waals surface area contributed by atoms with Gasteiger partial charge >= 0.3 is 0 Å². The van der Waals surface area contributed by atoms with E-state index >= 15 is 0 Å². The fourth-order valence-corrected chi connectivity index (χ4v) is 5.14. The Morgan fingerprint density at radius 2 is 0.765 bits per heavy atom. The van der Waals surface area contributed by atoms with Crippen molar-refractivity contribution in [1.29, 1.82) is 0 Å². The van der Waals surface area contributed by atoms with E-state index in [0.29, 0.717) is 0 Å². The van der Waals surface area contributed by atoms with Gasteiger partial charge in [0.15, 0.2) is 11.2 Å². The first-order chi connectivity index (χ1) is 16.8. The van der Waals surface area contributed by atoms with Gasteiger partial charge in [-0.1, -0.05) is 97.1 Å². The van der Waals surface area contributed by atoms with Crippen LogP contribution in [0.15, 0.2) is 118 Å². The summed E-state index contributed by atoms with van der Waals surface area (Å²) in [6, 6.07) is 38.3. The van der Waals surface area contributed by atoms with Gasteiger partial charge in [-0.2, -0.15) is 0 Å². The smallest absolute Gasteiger partial charge is 0.178 e. The summed E-state index contributed by atoms with van der Waals surface area (Å²) in [7, 11) is 0. The van der Waals surface area contributed by atoms with Gasteiger partial charge in [-0.05, 0) is 34.4 Å². The summed E-state index contributed by atoms with van der Waals surface area (Å²) >= 11 is 0. The molecule has 2 aromatic heterocycles. The molecule has 2 nitrogen and oxygen atoms in total. The van der Waals surface area contributed by atoms with Crippen molar-refractivity contribution < 1.29 is 8.83 Å². The SMILES string of the molecule is c1ccc(Cc2cccc3c2oc2c3ccc3c4cccc(Cc5ccccc5)c4oc32)cc1. The predicted molar refractivity (Wildman–Crippen MR) is 139 cm³/mol. The number of furan rings is 2. The summed E-state index contributed by atoms with van der Waals surface area (Å²) in [5.41, 5.74) is 8.47. The Bertz CT molecular complexity index is 1650. The Balaban J connectivity index is 1.43. The molecule has 0 fully saturated rings. The van der Waals surface area contributed by atoms with Crippen molar-refractivity contribution in [3.63, 3.8) is 0 Å². The standard InChI is InChI=1S/C32H22O2/c1-3-9-21(10-4-1)19-23-13-7-15-25-27-17-18-28-26-16-8-14-24(20-22-11-5-2-6-12-22)30(26)34-32(28)31(27)33-29(23)25/h1-18H,19-20H2. The molecule has 0 N–H and O–H groups in total. The zero-order valence-electron chi connectivity index (χ0n) is 18.6. The minimum atomic E-state index is 0.829. The van der Waals surface area contributed by atoms with Gasteiger partial charge in [0.1, 0.15) is 11.2 Å². The maximum atomic E-state index is 6.56. The molecule has 0 bridgehead atoms. The van der Waals surface area contributed by atoms with E-state index in [4.69, 9.17) is 8.83 Å². The zero-order valence-corrected chi connectivity index (χ0v) is 18.6. The third kappa shape index (κ3) is 3.03. The van der Waals surface area contributed by atoms with E-state index in [0.717, 1.165) is 56.7 Å². The summed E-state index contributed by atoms with van der Waals surface area (Å²) in [6.45, 7) is 0. The first kappa shape index (κ1) is 19.2. The first-order valence-electron chi connectivity index (χ1n) is 11.7. The van der Waals surface area contributed by atoms with Crippen molar-refractivity contribution in [2.45, 2.75) is 12.8 Å². The summed E-state index contributed by atoms with van der Waals surface area (Å²) in [5.74, 6) is 0. The van der Waals surface area contributed by atoms with Crippen LogP contribution in [-0.2, 0) is 12.8 Å². The average molecular weight is 439 g/mol. The topological polar surface area (TPSA) is 26.3 Å². The zero-order chi connectivity index (χ0) is 22.5. The van der Waals surface area contributed by atoms with E-state index in [1.807, 2.05) is 0 Å². The lowest BCUT2D eigenvalue weighted by atomic mass is 10.0. The molecule has 7 aromatic rings. The number of para-hydroxylation sites is 2. The Morgan fingerprint density at radius 1 is 0.353 bits per heavy atom. The maximum absolute atomic E-state index is 6.56. The van der Waals surface area contributed by atoms with Gasteiger partial charge in [-0.25, -0.2) is 0 Å². The van der Waals surface area contributed by atoms with E-state index in [9.17, 15) is 0 Å². The second kappa shape index (κ2) is 7.64. The molecule has 0 spiro atoms. The summed E-state index contributed by atoms with van der Waals surface area (Å²) in [4.78, 5) is 0. The molecule has 2 heteroatoms. The second-order valence-electron chi connectivity index (χ2n) is 8.94. The Labute approximate surface area is 197 Å². The van der Waals surface area contributed by atoms with Gasteiger partial charge in [-0.15, -0.1) is 0 Å². The fraction of sp³-hybridized carbons (Fsp3) is 0.0625. The van der Waals surface area contributed by atoms with Crippen LogP contribution in [0.25, 0.3) is 43.9 Å². The van der Waals surface area contributed by atoms with E-state index in [-0.39, 0.29) is 0 Å². The molecule has 162 valence electrons. The molecule has 0 saturated heterocycles. The number of benzene rings is 5. The molecule has 0 aliphatic heterocycles. The molecule has 0 aliphatic carbocycles. The maximum Gasteiger partial charge on any atom is 0.178 e. The predicted octanol–water partition coefficient (Wildman–Crippen LogP) is 8.67. The second-order valence-corrected chi connectivity index (χ2v) is 8.94. The quantitative estimate of drug-likeness (QED) is 0.275. The highest BCUT2D eigenvalue weighted by molar-refractivity contribution is 6.19. The van der Waals surface area contributed by atoms with Crippen molar-refractivity contribution in [1.82, 2.24) is 0 Å². The minimum Gasteiger partial charge on any atom is -0.452 e. The number of fused-ring (bicyclic) bond motifs is 7. The van der Waals surface area contributed by atoms with Gasteiger partial charge in [0.2, 0.25) is 0 Å². The van der Waals surface area contributed by atoms with Crippen LogP contribution in [-0.4, -0.2) is 0 Å². The minimum absolute atomic E-state index is 0.829. The third-order valence-electron chi connectivity index (χ3n) is 6.77. The van der Waals surface area contributed by atoms with Crippen molar-refractivity contribution in [2.24, 2.45) is 0 Å². The van der Waals surface area contributed by atoms with Crippen molar-refractivity contribution in [2.75, 3.05) is 0 Å². The molecular formula is C32H22O2. The molecule has 0 radical (unpaired) electrons.